The van der Waals surface area contributed by atoms with Gasteiger partial charge in [-0.25, -0.2) is 4.98 Å². The van der Waals surface area contributed by atoms with Gasteiger partial charge < -0.3 is 14.6 Å². The topological polar surface area (TPSA) is 39.1 Å². The van der Waals surface area contributed by atoms with E-state index < -0.39 is 0 Å². The number of ether oxygens (including phenoxy) is 1. The molecule has 0 spiro atoms. The number of aromatic nitrogens is 2. The van der Waals surface area contributed by atoms with Gasteiger partial charge in [0.25, 0.3) is 0 Å². The Balaban J connectivity index is 1.99. The van der Waals surface area contributed by atoms with Gasteiger partial charge in [0.15, 0.2) is 0 Å². The van der Waals surface area contributed by atoms with Crippen molar-refractivity contribution in [3.8, 4) is 0 Å². The summed E-state index contributed by atoms with van der Waals surface area (Å²) in [7, 11) is 1.73. The van der Waals surface area contributed by atoms with Gasteiger partial charge in [-0.1, -0.05) is 0 Å². The quantitative estimate of drug-likeness (QED) is 0.660. The predicted octanol–water partition coefficient (Wildman–Crippen LogP) is 0.898. The van der Waals surface area contributed by atoms with E-state index in [1.807, 2.05) is 12.5 Å². The normalized spacial score (nSPS) is 13.0. The van der Waals surface area contributed by atoms with Gasteiger partial charge in [0.05, 0.1) is 12.9 Å². The van der Waals surface area contributed by atoms with Crippen LogP contribution < -0.4 is 5.32 Å². The molecular formula is C10H19N3O. The van der Waals surface area contributed by atoms with Crippen LogP contribution in [0.15, 0.2) is 18.7 Å². The maximum Gasteiger partial charge on any atom is 0.0945 e. The van der Waals surface area contributed by atoms with Gasteiger partial charge in [0, 0.05) is 32.1 Å². The molecule has 0 bridgehead atoms. The highest BCUT2D eigenvalue weighted by atomic mass is 16.5. The molecule has 4 heteroatoms. The van der Waals surface area contributed by atoms with Crippen LogP contribution in [0.4, 0.5) is 0 Å². The second kappa shape index (κ2) is 6.56. The predicted molar refractivity (Wildman–Crippen MR) is 56.2 cm³/mol. The molecule has 0 aliphatic heterocycles. The van der Waals surface area contributed by atoms with Crippen LogP contribution >= 0.6 is 0 Å². The highest BCUT2D eigenvalue weighted by Gasteiger charge is 1.98. The van der Waals surface area contributed by atoms with Crippen LogP contribution in [0.2, 0.25) is 0 Å². The molecule has 1 aromatic rings. The summed E-state index contributed by atoms with van der Waals surface area (Å²) in [6.45, 7) is 4.93. The molecule has 1 N–H and O–H groups in total. The summed E-state index contributed by atoms with van der Waals surface area (Å²) in [5, 5.41) is 3.39. The second-order valence-electron chi connectivity index (χ2n) is 3.46. The van der Waals surface area contributed by atoms with Gasteiger partial charge in [0.1, 0.15) is 0 Å². The summed E-state index contributed by atoms with van der Waals surface area (Å²) in [4.78, 5) is 3.99. The average Bonchev–Trinajstić information content (AvgIpc) is 2.65. The molecule has 1 aromatic heterocycles. The van der Waals surface area contributed by atoms with Crippen molar-refractivity contribution in [1.82, 2.24) is 14.9 Å². The van der Waals surface area contributed by atoms with E-state index in [4.69, 9.17) is 4.74 Å². The van der Waals surface area contributed by atoms with Crippen LogP contribution in [0.1, 0.15) is 13.3 Å². The van der Waals surface area contributed by atoms with Gasteiger partial charge in [-0.3, -0.25) is 0 Å². The molecule has 0 aliphatic rings. The third-order valence-electron chi connectivity index (χ3n) is 2.06. The van der Waals surface area contributed by atoms with E-state index in [0.717, 1.165) is 26.1 Å². The summed E-state index contributed by atoms with van der Waals surface area (Å²) in [6.07, 6.45) is 6.75. The van der Waals surface area contributed by atoms with Crippen molar-refractivity contribution < 1.29 is 4.74 Å². The summed E-state index contributed by atoms with van der Waals surface area (Å²) < 4.78 is 7.11. The van der Waals surface area contributed by atoms with Gasteiger partial charge in [0.2, 0.25) is 0 Å². The van der Waals surface area contributed by atoms with Crippen molar-refractivity contribution in [2.75, 3.05) is 20.3 Å². The Bertz CT molecular complexity index is 223. The third kappa shape index (κ3) is 4.39. The third-order valence-corrected chi connectivity index (χ3v) is 2.06. The van der Waals surface area contributed by atoms with E-state index in [0.29, 0.717) is 6.04 Å². The largest absolute Gasteiger partial charge is 0.383 e. The molecule has 0 fully saturated rings. The maximum absolute atomic E-state index is 5.03. The summed E-state index contributed by atoms with van der Waals surface area (Å²) in [5.74, 6) is 0. The summed E-state index contributed by atoms with van der Waals surface area (Å²) in [6, 6.07) is 0.433. The number of methoxy groups -OCH3 is 1. The molecular weight excluding hydrogens is 178 g/mol. The molecule has 0 radical (unpaired) electrons. The summed E-state index contributed by atoms with van der Waals surface area (Å²) >= 11 is 0. The Kier molecular flexibility index (Phi) is 5.25. The van der Waals surface area contributed by atoms with Crippen molar-refractivity contribution in [3.63, 3.8) is 0 Å². The number of nitrogens with zero attached hydrogens (tertiary/aromatic N) is 2. The van der Waals surface area contributed by atoms with E-state index in [-0.39, 0.29) is 0 Å². The Morgan fingerprint density at radius 2 is 2.43 bits per heavy atom. The van der Waals surface area contributed by atoms with Gasteiger partial charge >= 0.3 is 0 Å². The zero-order chi connectivity index (χ0) is 10.2. The smallest absolute Gasteiger partial charge is 0.0945 e. The van der Waals surface area contributed by atoms with Crippen molar-refractivity contribution in [3.05, 3.63) is 18.7 Å². The fourth-order valence-electron chi connectivity index (χ4n) is 1.34. The number of aryl methyl sites for hydroxylation is 1. The SMILES string of the molecule is COC[C@@H](C)NCCCn1ccnc1. The van der Waals surface area contributed by atoms with Crippen molar-refractivity contribution in [1.29, 1.82) is 0 Å². The Labute approximate surface area is 85.3 Å². The standard InChI is InChI=1S/C10H19N3O/c1-10(8-14-2)12-4-3-6-13-7-5-11-9-13/h5,7,9-10,12H,3-4,6,8H2,1-2H3/t10-/m1/s1. The summed E-state index contributed by atoms with van der Waals surface area (Å²) in [5.41, 5.74) is 0. The van der Waals surface area contributed by atoms with E-state index in [1.54, 1.807) is 13.3 Å². The minimum Gasteiger partial charge on any atom is -0.383 e. The Hall–Kier alpha value is -0.870. The lowest BCUT2D eigenvalue weighted by Gasteiger charge is -2.12. The number of rotatable bonds is 7. The molecule has 1 rings (SSSR count). The molecule has 0 aromatic carbocycles. The van der Waals surface area contributed by atoms with Crippen molar-refractivity contribution in [2.24, 2.45) is 0 Å². The zero-order valence-electron chi connectivity index (χ0n) is 8.94. The molecule has 0 unspecified atom stereocenters. The first kappa shape index (κ1) is 11.2. The fourth-order valence-corrected chi connectivity index (χ4v) is 1.34. The fraction of sp³-hybridized carbons (Fsp3) is 0.700. The van der Waals surface area contributed by atoms with Gasteiger partial charge in [-0.2, -0.15) is 0 Å². The van der Waals surface area contributed by atoms with Crippen LogP contribution in [-0.2, 0) is 11.3 Å². The molecule has 0 saturated carbocycles. The number of hydrogen-bond acceptors (Lipinski definition) is 3. The Morgan fingerprint density at radius 1 is 1.57 bits per heavy atom. The van der Waals surface area contributed by atoms with Crippen LogP contribution in [0.25, 0.3) is 0 Å². The molecule has 0 saturated heterocycles. The average molecular weight is 197 g/mol. The monoisotopic (exact) mass is 197 g/mol. The molecule has 80 valence electrons. The lowest BCUT2D eigenvalue weighted by Crippen LogP contribution is -2.31. The first-order chi connectivity index (χ1) is 6.83. The van der Waals surface area contributed by atoms with Crippen molar-refractivity contribution in [2.45, 2.75) is 25.9 Å². The molecule has 0 amide bonds. The molecule has 1 atom stereocenters. The van der Waals surface area contributed by atoms with Crippen LogP contribution in [0.3, 0.4) is 0 Å². The van der Waals surface area contributed by atoms with E-state index in [1.165, 1.54) is 0 Å². The number of hydrogen-bond donors (Lipinski definition) is 1. The van der Waals surface area contributed by atoms with Crippen LogP contribution in [0.5, 0.6) is 0 Å². The molecule has 0 aliphatic carbocycles. The Morgan fingerprint density at radius 3 is 3.07 bits per heavy atom. The lowest BCUT2D eigenvalue weighted by atomic mass is 10.3. The van der Waals surface area contributed by atoms with E-state index in [2.05, 4.69) is 21.8 Å². The minimum atomic E-state index is 0.433. The van der Waals surface area contributed by atoms with Gasteiger partial charge in [-0.05, 0) is 19.9 Å². The van der Waals surface area contributed by atoms with E-state index in [9.17, 15) is 0 Å². The minimum absolute atomic E-state index is 0.433. The zero-order valence-corrected chi connectivity index (χ0v) is 8.94. The number of nitrogens with one attached hydrogen (secondary N) is 1. The highest BCUT2D eigenvalue weighted by Crippen LogP contribution is 1.90. The first-order valence-corrected chi connectivity index (χ1v) is 5.01. The van der Waals surface area contributed by atoms with E-state index >= 15 is 0 Å². The first-order valence-electron chi connectivity index (χ1n) is 5.01. The molecule has 4 nitrogen and oxygen atoms in total. The number of imidazole rings is 1. The van der Waals surface area contributed by atoms with Gasteiger partial charge in [-0.15, -0.1) is 0 Å². The van der Waals surface area contributed by atoms with Crippen LogP contribution in [0, 0.1) is 0 Å². The van der Waals surface area contributed by atoms with Crippen molar-refractivity contribution >= 4 is 0 Å². The lowest BCUT2D eigenvalue weighted by molar-refractivity contribution is 0.172. The highest BCUT2D eigenvalue weighted by molar-refractivity contribution is 4.73. The maximum atomic E-state index is 5.03. The second-order valence-corrected chi connectivity index (χ2v) is 3.46. The molecule has 1 heterocycles. The van der Waals surface area contributed by atoms with Crippen LogP contribution in [-0.4, -0.2) is 35.9 Å². The molecule has 14 heavy (non-hydrogen) atoms.